The molecule has 0 fully saturated rings. The highest BCUT2D eigenvalue weighted by atomic mass is 35.5. The van der Waals surface area contributed by atoms with Crippen LogP contribution in [0.1, 0.15) is 6.92 Å². The van der Waals surface area contributed by atoms with Crippen molar-refractivity contribution in [2.45, 2.75) is 6.92 Å². The Morgan fingerprint density at radius 2 is 2.30 bits per heavy atom. The standard InChI is InChI=1S/C6H8ClFN2/c1-3-5(8)6(9)10-4(2)7/h3H,2H2,1H3,(H2,9,10)/b5-3+. The molecule has 0 rings (SSSR count). The lowest BCUT2D eigenvalue weighted by Gasteiger charge is -1.92. The Kier molecular flexibility index (Phi) is 3.72. The van der Waals surface area contributed by atoms with Gasteiger partial charge in [0, 0.05) is 0 Å². The molecule has 2 nitrogen and oxygen atoms in total. The summed E-state index contributed by atoms with van der Waals surface area (Å²) in [5.74, 6) is -0.843. The number of nitrogens with two attached hydrogens (primary N) is 1. The van der Waals surface area contributed by atoms with Crippen LogP contribution in [0.2, 0.25) is 0 Å². The zero-order chi connectivity index (χ0) is 8.15. The highest BCUT2D eigenvalue weighted by Crippen LogP contribution is 2.02. The predicted octanol–water partition coefficient (Wildman–Crippen LogP) is 1.93. The molecule has 56 valence electrons. The van der Waals surface area contributed by atoms with Gasteiger partial charge in [-0.3, -0.25) is 0 Å². The van der Waals surface area contributed by atoms with Gasteiger partial charge < -0.3 is 5.73 Å². The summed E-state index contributed by atoms with van der Waals surface area (Å²) < 4.78 is 12.4. The normalized spacial score (nSPS) is 13.5. The Balaban J connectivity index is 4.35. The van der Waals surface area contributed by atoms with Crippen LogP contribution >= 0.6 is 11.6 Å². The van der Waals surface area contributed by atoms with Gasteiger partial charge in [-0.25, -0.2) is 9.38 Å². The maximum atomic E-state index is 12.4. The summed E-state index contributed by atoms with van der Waals surface area (Å²) in [6.45, 7) is 4.72. The largest absolute Gasteiger partial charge is 0.381 e. The molecule has 0 aromatic rings. The van der Waals surface area contributed by atoms with Gasteiger partial charge in [-0.05, 0) is 13.0 Å². The summed E-state index contributed by atoms with van der Waals surface area (Å²) in [7, 11) is 0. The van der Waals surface area contributed by atoms with Gasteiger partial charge in [0.2, 0.25) is 0 Å². The van der Waals surface area contributed by atoms with E-state index in [1.807, 2.05) is 0 Å². The van der Waals surface area contributed by atoms with Crippen molar-refractivity contribution in [2.75, 3.05) is 0 Å². The highest BCUT2D eigenvalue weighted by Gasteiger charge is 1.97. The summed E-state index contributed by atoms with van der Waals surface area (Å²) in [4.78, 5) is 3.37. The van der Waals surface area contributed by atoms with Gasteiger partial charge >= 0.3 is 0 Å². The number of hydrogen-bond donors (Lipinski definition) is 1. The van der Waals surface area contributed by atoms with E-state index in [1.54, 1.807) is 0 Å². The van der Waals surface area contributed by atoms with Gasteiger partial charge in [-0.1, -0.05) is 18.2 Å². The molecule has 2 N–H and O–H groups in total. The monoisotopic (exact) mass is 162 g/mol. The number of nitrogens with zero attached hydrogens (tertiary/aromatic N) is 1. The van der Waals surface area contributed by atoms with E-state index in [2.05, 4.69) is 11.6 Å². The molecule has 0 spiro atoms. The summed E-state index contributed by atoms with van der Waals surface area (Å²) in [6, 6.07) is 0. The average molecular weight is 163 g/mol. The van der Waals surface area contributed by atoms with E-state index < -0.39 is 5.83 Å². The second-order valence-electron chi connectivity index (χ2n) is 1.51. The molecule has 0 aliphatic heterocycles. The van der Waals surface area contributed by atoms with Crippen molar-refractivity contribution in [3.63, 3.8) is 0 Å². The zero-order valence-electron chi connectivity index (χ0n) is 5.56. The zero-order valence-corrected chi connectivity index (χ0v) is 6.32. The molecular weight excluding hydrogens is 155 g/mol. The van der Waals surface area contributed by atoms with E-state index in [4.69, 9.17) is 17.3 Å². The van der Waals surface area contributed by atoms with Crippen LogP contribution in [-0.4, -0.2) is 5.84 Å². The first kappa shape index (κ1) is 9.17. The number of amidine groups is 1. The van der Waals surface area contributed by atoms with Crippen molar-refractivity contribution in [2.24, 2.45) is 10.7 Å². The molecule has 0 aliphatic rings. The molecule has 0 aromatic carbocycles. The third-order valence-corrected chi connectivity index (χ3v) is 0.824. The molecule has 0 radical (unpaired) electrons. The summed E-state index contributed by atoms with van der Waals surface area (Å²) in [5, 5.41) is -0.0329. The number of rotatable bonds is 2. The number of halogens is 2. The van der Waals surface area contributed by atoms with Crippen molar-refractivity contribution in [1.29, 1.82) is 0 Å². The fourth-order valence-electron chi connectivity index (χ4n) is 0.332. The minimum atomic E-state index is -0.596. The Hall–Kier alpha value is -0.830. The van der Waals surface area contributed by atoms with Gasteiger partial charge in [0.05, 0.1) is 0 Å². The fourth-order valence-corrected chi connectivity index (χ4v) is 0.423. The smallest absolute Gasteiger partial charge is 0.160 e. The molecule has 4 heteroatoms. The lowest BCUT2D eigenvalue weighted by molar-refractivity contribution is 0.677. The molecule has 0 aliphatic carbocycles. The molecule has 0 saturated carbocycles. The minimum absolute atomic E-state index is 0.0329. The lowest BCUT2D eigenvalue weighted by atomic mass is 10.4. The van der Waals surface area contributed by atoms with Crippen molar-refractivity contribution < 1.29 is 4.39 Å². The van der Waals surface area contributed by atoms with E-state index in [0.29, 0.717) is 0 Å². The van der Waals surface area contributed by atoms with Crippen LogP contribution in [0.4, 0.5) is 4.39 Å². The molecule has 0 unspecified atom stereocenters. The molecule has 0 bridgehead atoms. The third kappa shape index (κ3) is 3.25. The second-order valence-corrected chi connectivity index (χ2v) is 1.95. The van der Waals surface area contributed by atoms with Crippen LogP contribution in [0.5, 0.6) is 0 Å². The fraction of sp³-hybridized carbons (Fsp3) is 0.167. The van der Waals surface area contributed by atoms with Crippen LogP contribution < -0.4 is 5.73 Å². The van der Waals surface area contributed by atoms with E-state index >= 15 is 0 Å². The number of hydrogen-bond acceptors (Lipinski definition) is 1. The van der Waals surface area contributed by atoms with E-state index in [0.717, 1.165) is 0 Å². The van der Waals surface area contributed by atoms with Crippen LogP contribution in [0.25, 0.3) is 0 Å². The molecular formula is C6H8ClFN2. The maximum absolute atomic E-state index is 12.4. The van der Waals surface area contributed by atoms with Crippen molar-refractivity contribution in [3.05, 3.63) is 23.6 Å². The van der Waals surface area contributed by atoms with Crippen molar-refractivity contribution >= 4 is 17.4 Å². The van der Waals surface area contributed by atoms with Gasteiger partial charge in [0.25, 0.3) is 0 Å². The van der Waals surface area contributed by atoms with Gasteiger partial charge in [-0.2, -0.15) is 0 Å². The number of allylic oxidation sites excluding steroid dienone is 1. The van der Waals surface area contributed by atoms with Crippen LogP contribution in [0.15, 0.2) is 28.6 Å². The van der Waals surface area contributed by atoms with Crippen LogP contribution in [-0.2, 0) is 0 Å². The quantitative estimate of drug-likeness (QED) is 0.376. The maximum Gasteiger partial charge on any atom is 0.160 e. The Morgan fingerprint density at radius 3 is 2.60 bits per heavy atom. The first-order valence-electron chi connectivity index (χ1n) is 2.58. The molecule has 0 atom stereocenters. The summed E-state index contributed by atoms with van der Waals surface area (Å²) >= 11 is 5.22. The topological polar surface area (TPSA) is 38.4 Å². The Morgan fingerprint density at radius 1 is 1.80 bits per heavy atom. The summed E-state index contributed by atoms with van der Waals surface area (Å²) in [5.41, 5.74) is 5.09. The van der Waals surface area contributed by atoms with Crippen LogP contribution in [0, 0.1) is 0 Å². The van der Waals surface area contributed by atoms with E-state index in [9.17, 15) is 4.39 Å². The summed E-state index contributed by atoms with van der Waals surface area (Å²) in [6.07, 6.45) is 1.19. The Labute approximate surface area is 63.9 Å². The second kappa shape index (κ2) is 4.06. The highest BCUT2D eigenvalue weighted by molar-refractivity contribution is 6.29. The molecule has 0 amide bonds. The minimum Gasteiger partial charge on any atom is -0.381 e. The SMILES string of the molecule is C=C(Cl)/N=C(N)\C(F)=C/C. The van der Waals surface area contributed by atoms with Gasteiger partial charge in [-0.15, -0.1) is 0 Å². The predicted molar refractivity (Wildman–Crippen MR) is 41.5 cm³/mol. The van der Waals surface area contributed by atoms with E-state index in [-0.39, 0.29) is 11.0 Å². The lowest BCUT2D eigenvalue weighted by Crippen LogP contribution is -2.11. The first-order valence-corrected chi connectivity index (χ1v) is 2.96. The van der Waals surface area contributed by atoms with Crippen molar-refractivity contribution in [3.8, 4) is 0 Å². The molecule has 0 heterocycles. The molecule has 10 heavy (non-hydrogen) atoms. The van der Waals surface area contributed by atoms with Crippen molar-refractivity contribution in [1.82, 2.24) is 0 Å². The van der Waals surface area contributed by atoms with Gasteiger partial charge in [0.15, 0.2) is 11.7 Å². The average Bonchev–Trinajstić information content (AvgIpc) is 1.85. The molecule has 0 aromatic heterocycles. The first-order chi connectivity index (χ1) is 4.57. The Bertz CT molecular complexity index is 196. The molecule has 0 saturated heterocycles. The number of aliphatic imine (C=N–C) groups is 1. The van der Waals surface area contributed by atoms with E-state index in [1.165, 1.54) is 13.0 Å². The van der Waals surface area contributed by atoms with Crippen LogP contribution in [0.3, 0.4) is 0 Å². The van der Waals surface area contributed by atoms with Gasteiger partial charge in [0.1, 0.15) is 5.16 Å². The third-order valence-electron chi connectivity index (χ3n) is 0.740.